The molecule has 1 aromatic heterocycles. The third-order valence-electron chi connectivity index (χ3n) is 1.67. The predicted molar refractivity (Wildman–Crippen MR) is 52.5 cm³/mol. The zero-order chi connectivity index (χ0) is 9.14. The molecular formula is C9H11ClN2. The highest BCUT2D eigenvalue weighted by atomic mass is 35.5. The Hall–Kier alpha value is -1.02. The Balaban J connectivity index is 3.02. The first kappa shape index (κ1) is 9.07. The maximum absolute atomic E-state index is 5.87. The first-order chi connectivity index (χ1) is 5.63. The Labute approximate surface area is 77.5 Å². The van der Waals surface area contributed by atoms with Crippen LogP contribution in [0, 0.1) is 0 Å². The van der Waals surface area contributed by atoms with Crippen molar-refractivity contribution in [3.63, 3.8) is 0 Å². The van der Waals surface area contributed by atoms with Gasteiger partial charge in [0.1, 0.15) is 0 Å². The van der Waals surface area contributed by atoms with Crippen LogP contribution in [0.5, 0.6) is 0 Å². The van der Waals surface area contributed by atoms with Gasteiger partial charge in [0.2, 0.25) is 0 Å². The van der Waals surface area contributed by atoms with Crippen LogP contribution >= 0.6 is 11.6 Å². The number of anilines is 1. The zero-order valence-corrected chi connectivity index (χ0v) is 7.97. The van der Waals surface area contributed by atoms with E-state index in [1.807, 2.05) is 31.0 Å². The lowest BCUT2D eigenvalue weighted by molar-refractivity contribution is 1.08. The number of halogens is 1. The van der Waals surface area contributed by atoms with Crippen molar-refractivity contribution in [2.24, 2.45) is 0 Å². The summed E-state index contributed by atoms with van der Waals surface area (Å²) in [6.07, 6.45) is 1.66. The van der Waals surface area contributed by atoms with Crippen LogP contribution in [0.25, 0.3) is 0 Å². The topological polar surface area (TPSA) is 16.1 Å². The monoisotopic (exact) mass is 182 g/mol. The predicted octanol–water partition coefficient (Wildman–Crippen LogP) is 2.70. The van der Waals surface area contributed by atoms with Crippen molar-refractivity contribution in [2.45, 2.75) is 6.92 Å². The van der Waals surface area contributed by atoms with E-state index in [-0.39, 0.29) is 0 Å². The number of allylic oxidation sites excluding steroid dienone is 1. The van der Waals surface area contributed by atoms with Gasteiger partial charge in [0.15, 0.2) is 5.15 Å². The van der Waals surface area contributed by atoms with Crippen molar-refractivity contribution < 1.29 is 0 Å². The van der Waals surface area contributed by atoms with E-state index in [4.69, 9.17) is 11.6 Å². The first-order valence-corrected chi connectivity index (χ1v) is 4.00. The van der Waals surface area contributed by atoms with E-state index in [2.05, 4.69) is 11.6 Å². The molecule has 12 heavy (non-hydrogen) atoms. The lowest BCUT2D eigenvalue weighted by Gasteiger charge is -2.19. The second-order valence-corrected chi connectivity index (χ2v) is 2.97. The SMILES string of the molecule is C=C(C)N(C)c1cccnc1Cl. The van der Waals surface area contributed by atoms with Crippen LogP contribution in [0.3, 0.4) is 0 Å². The van der Waals surface area contributed by atoms with Gasteiger partial charge in [0.05, 0.1) is 5.69 Å². The van der Waals surface area contributed by atoms with Crippen molar-refractivity contribution >= 4 is 17.3 Å². The van der Waals surface area contributed by atoms with E-state index in [0.29, 0.717) is 5.15 Å². The summed E-state index contributed by atoms with van der Waals surface area (Å²) < 4.78 is 0. The van der Waals surface area contributed by atoms with Gasteiger partial charge >= 0.3 is 0 Å². The van der Waals surface area contributed by atoms with Crippen LogP contribution in [0.2, 0.25) is 5.15 Å². The van der Waals surface area contributed by atoms with Crippen molar-refractivity contribution in [3.8, 4) is 0 Å². The Morgan fingerprint density at radius 1 is 1.67 bits per heavy atom. The van der Waals surface area contributed by atoms with E-state index < -0.39 is 0 Å². The molecule has 0 saturated heterocycles. The van der Waals surface area contributed by atoms with Crippen LogP contribution in [-0.2, 0) is 0 Å². The average molecular weight is 183 g/mol. The molecule has 0 unspecified atom stereocenters. The van der Waals surface area contributed by atoms with Crippen molar-refractivity contribution in [3.05, 3.63) is 35.8 Å². The molecule has 1 heterocycles. The minimum Gasteiger partial charge on any atom is -0.347 e. The summed E-state index contributed by atoms with van der Waals surface area (Å²) >= 11 is 5.87. The van der Waals surface area contributed by atoms with Crippen LogP contribution in [0.1, 0.15) is 6.92 Å². The van der Waals surface area contributed by atoms with Gasteiger partial charge < -0.3 is 4.90 Å². The Morgan fingerprint density at radius 2 is 2.33 bits per heavy atom. The number of nitrogens with zero attached hydrogens (tertiary/aromatic N) is 2. The van der Waals surface area contributed by atoms with Crippen LogP contribution in [0.15, 0.2) is 30.6 Å². The molecule has 1 aromatic rings. The zero-order valence-electron chi connectivity index (χ0n) is 7.21. The summed E-state index contributed by atoms with van der Waals surface area (Å²) in [5.41, 5.74) is 1.82. The molecule has 0 amide bonds. The smallest absolute Gasteiger partial charge is 0.152 e. The van der Waals surface area contributed by atoms with Gasteiger partial charge in [-0.3, -0.25) is 0 Å². The van der Waals surface area contributed by atoms with E-state index >= 15 is 0 Å². The number of hydrogen-bond donors (Lipinski definition) is 0. The third kappa shape index (κ3) is 1.77. The van der Waals surface area contributed by atoms with Crippen LogP contribution in [0.4, 0.5) is 5.69 Å². The maximum atomic E-state index is 5.87. The minimum absolute atomic E-state index is 0.503. The molecule has 0 radical (unpaired) electrons. The van der Waals surface area contributed by atoms with Gasteiger partial charge in [-0.2, -0.15) is 0 Å². The summed E-state index contributed by atoms with van der Waals surface area (Å²) in [7, 11) is 1.91. The molecule has 0 aromatic carbocycles. The molecule has 2 nitrogen and oxygen atoms in total. The molecule has 0 aliphatic rings. The van der Waals surface area contributed by atoms with Gasteiger partial charge in [-0.15, -0.1) is 0 Å². The largest absolute Gasteiger partial charge is 0.347 e. The van der Waals surface area contributed by atoms with E-state index in [1.54, 1.807) is 6.20 Å². The standard InChI is InChI=1S/C9H11ClN2/c1-7(2)12(3)8-5-4-6-11-9(8)10/h4-6H,1H2,2-3H3. The molecule has 0 atom stereocenters. The Bertz CT molecular complexity index is 296. The average Bonchev–Trinajstić information content (AvgIpc) is 2.04. The Kier molecular flexibility index (Phi) is 2.71. The number of aromatic nitrogens is 1. The molecule has 64 valence electrons. The van der Waals surface area contributed by atoms with Gasteiger partial charge in [0.25, 0.3) is 0 Å². The van der Waals surface area contributed by atoms with E-state index in [0.717, 1.165) is 11.4 Å². The second kappa shape index (κ2) is 3.59. The fourth-order valence-electron chi connectivity index (χ4n) is 0.833. The normalized spacial score (nSPS) is 9.58. The molecule has 3 heteroatoms. The van der Waals surface area contributed by atoms with Crippen molar-refractivity contribution in [2.75, 3.05) is 11.9 Å². The molecule has 0 spiro atoms. The lowest BCUT2D eigenvalue weighted by atomic mass is 10.3. The summed E-state index contributed by atoms with van der Waals surface area (Å²) in [4.78, 5) is 5.86. The lowest BCUT2D eigenvalue weighted by Crippen LogP contribution is -2.13. The minimum atomic E-state index is 0.503. The van der Waals surface area contributed by atoms with Gasteiger partial charge in [-0.1, -0.05) is 18.2 Å². The fourth-order valence-corrected chi connectivity index (χ4v) is 1.08. The molecule has 0 aliphatic heterocycles. The summed E-state index contributed by atoms with van der Waals surface area (Å²) in [5.74, 6) is 0. The number of hydrogen-bond acceptors (Lipinski definition) is 2. The van der Waals surface area contributed by atoms with E-state index in [9.17, 15) is 0 Å². The molecule has 0 aliphatic carbocycles. The molecular weight excluding hydrogens is 172 g/mol. The molecule has 0 N–H and O–H groups in total. The first-order valence-electron chi connectivity index (χ1n) is 3.62. The van der Waals surface area contributed by atoms with Crippen LogP contribution in [-0.4, -0.2) is 12.0 Å². The highest BCUT2D eigenvalue weighted by Gasteiger charge is 2.05. The molecule has 1 rings (SSSR count). The Morgan fingerprint density at radius 3 is 2.83 bits per heavy atom. The van der Waals surface area contributed by atoms with Crippen LogP contribution < -0.4 is 4.90 Å². The molecule has 0 fully saturated rings. The summed E-state index contributed by atoms with van der Waals surface area (Å²) in [5, 5.41) is 0.503. The highest BCUT2D eigenvalue weighted by molar-refractivity contribution is 6.32. The number of rotatable bonds is 2. The fraction of sp³-hybridized carbons (Fsp3) is 0.222. The van der Waals surface area contributed by atoms with Gasteiger partial charge in [-0.25, -0.2) is 4.98 Å². The number of pyridine rings is 1. The third-order valence-corrected chi connectivity index (χ3v) is 1.96. The van der Waals surface area contributed by atoms with Crippen molar-refractivity contribution in [1.29, 1.82) is 0 Å². The molecule has 0 bridgehead atoms. The quantitative estimate of drug-likeness (QED) is 0.654. The molecule has 0 saturated carbocycles. The van der Waals surface area contributed by atoms with Crippen molar-refractivity contribution in [1.82, 2.24) is 4.98 Å². The second-order valence-electron chi connectivity index (χ2n) is 2.61. The van der Waals surface area contributed by atoms with E-state index in [1.165, 1.54) is 0 Å². The summed E-state index contributed by atoms with van der Waals surface area (Å²) in [6.45, 7) is 5.73. The maximum Gasteiger partial charge on any atom is 0.152 e. The van der Waals surface area contributed by atoms with Gasteiger partial charge in [0, 0.05) is 18.9 Å². The summed E-state index contributed by atoms with van der Waals surface area (Å²) in [6, 6.07) is 3.75. The highest BCUT2D eigenvalue weighted by Crippen LogP contribution is 2.23. The van der Waals surface area contributed by atoms with Gasteiger partial charge in [-0.05, 0) is 19.1 Å².